The van der Waals surface area contributed by atoms with E-state index in [0.29, 0.717) is 65.9 Å². The monoisotopic (exact) mass is 1150 g/mol. The molecule has 33 heteroatoms. The summed E-state index contributed by atoms with van der Waals surface area (Å²) in [6, 6.07) is -4.82. The summed E-state index contributed by atoms with van der Waals surface area (Å²) < 4.78 is 55.8. The van der Waals surface area contributed by atoms with E-state index < -0.39 is 146 Å². The average Bonchev–Trinajstić information content (AvgIpc) is 3.54. The summed E-state index contributed by atoms with van der Waals surface area (Å²) >= 11 is 0. The molecule has 0 bridgehead atoms. The third-order valence-corrected chi connectivity index (χ3v) is 11.1. The zero-order valence-corrected chi connectivity index (χ0v) is 44.7. The minimum atomic E-state index is -1.73. The number of hydrogen-bond acceptors (Lipinski definition) is 23. The molecule has 2 heterocycles. The van der Waals surface area contributed by atoms with Crippen molar-refractivity contribution in [3.8, 4) is 12.3 Å². The lowest BCUT2D eigenvalue weighted by molar-refractivity contribution is -0.158. The highest BCUT2D eigenvalue weighted by atomic mass is 16.6. The van der Waals surface area contributed by atoms with Crippen LogP contribution < -0.4 is 44.2 Å². The van der Waals surface area contributed by atoms with E-state index in [2.05, 4.69) is 37.2 Å². The number of terminal acetylenes is 1. The normalized spacial score (nSPS) is 20.2. The fourth-order valence-electron chi connectivity index (χ4n) is 7.53. The molecular weight excluding hydrogens is 1070 g/mol. The molecule has 0 saturated carbocycles. The summed E-state index contributed by atoms with van der Waals surface area (Å²) in [5.41, 5.74) is 22.2. The van der Waals surface area contributed by atoms with Crippen LogP contribution in [0.3, 0.4) is 0 Å². The number of nitrogens with zero attached hydrogens (tertiary/aromatic N) is 3. The van der Waals surface area contributed by atoms with E-state index in [-0.39, 0.29) is 46.1 Å². The van der Waals surface area contributed by atoms with E-state index in [1.807, 2.05) is 4.90 Å². The molecule has 33 nitrogen and oxygen atoms in total. The lowest BCUT2D eigenvalue weighted by Crippen LogP contribution is -2.60. The van der Waals surface area contributed by atoms with Crippen molar-refractivity contribution in [1.82, 2.24) is 26.2 Å². The number of carbonyl (C=O) groups excluding carboxylic acids is 4. The predicted octanol–water partition coefficient (Wildman–Crippen LogP) is -8.24. The zero-order chi connectivity index (χ0) is 59.4. The number of aliphatic hydroxyl groups is 4. The number of rotatable bonds is 43. The van der Waals surface area contributed by atoms with E-state index >= 15 is 0 Å². The lowest BCUT2D eigenvalue weighted by atomic mass is 9.92. The van der Waals surface area contributed by atoms with Gasteiger partial charge in [0, 0.05) is 46.6 Å². The minimum absolute atomic E-state index is 0.00734. The van der Waals surface area contributed by atoms with Gasteiger partial charge in [0.15, 0.2) is 24.1 Å². The number of guanidine groups is 2. The maximum Gasteiger partial charge on any atom is 0.370 e. The first-order valence-electron chi connectivity index (χ1n) is 25.1. The molecule has 0 radical (unpaired) electrons. The van der Waals surface area contributed by atoms with Gasteiger partial charge < -0.3 is 122 Å². The highest BCUT2D eigenvalue weighted by molar-refractivity contribution is 5.86. The van der Waals surface area contributed by atoms with Crippen LogP contribution in [-0.4, -0.2) is 282 Å². The fraction of sp³-hybridized carbons (Fsp3) is 0.702. The summed E-state index contributed by atoms with van der Waals surface area (Å²) in [5, 5.41) is 70.6. The van der Waals surface area contributed by atoms with Crippen molar-refractivity contribution in [2.24, 2.45) is 32.9 Å². The number of carboxylic acid groups (broad SMARTS) is 2. The summed E-state index contributed by atoms with van der Waals surface area (Å²) in [6.45, 7) is 3.36. The van der Waals surface area contributed by atoms with Gasteiger partial charge in [0.2, 0.25) is 35.1 Å². The van der Waals surface area contributed by atoms with Gasteiger partial charge in [0.25, 0.3) is 0 Å². The second-order valence-electron chi connectivity index (χ2n) is 17.3. The molecule has 80 heavy (non-hydrogen) atoms. The number of hydrogen-bond donors (Lipinski definition) is 14. The molecule has 0 spiro atoms. The van der Waals surface area contributed by atoms with Gasteiger partial charge in [-0.15, -0.1) is 6.42 Å². The molecule has 0 saturated heterocycles. The minimum Gasteiger partial charge on any atom is -0.478 e. The van der Waals surface area contributed by atoms with Crippen molar-refractivity contribution >= 4 is 47.5 Å². The molecule has 0 aromatic heterocycles. The Morgan fingerprint density at radius 3 is 1.29 bits per heavy atom. The van der Waals surface area contributed by atoms with Crippen molar-refractivity contribution in [3.63, 3.8) is 0 Å². The molecule has 2 aliphatic rings. The predicted molar refractivity (Wildman–Crippen MR) is 277 cm³/mol. The zero-order valence-electron chi connectivity index (χ0n) is 44.7. The lowest BCUT2D eigenvalue weighted by Gasteiger charge is -2.40. The Morgan fingerprint density at radius 2 is 0.963 bits per heavy atom. The summed E-state index contributed by atoms with van der Waals surface area (Å²) in [6.07, 6.45) is -2.38. The molecule has 2 aliphatic heterocycles. The SMILES string of the molecule is C#CCOCCOCCOCCOCCN(CCOCCNC(=O)CO[C@@H]([C@@H]1OC(C(=O)O)=C[C@H](N=C(N)N)[C@H]1NC(C)=O)[C@H](O)CO)CCOCCNC(=O)CO[C@@H]([C@@H]1OC(C(=O)O)=C[C@H](N=C(N)N)[C@H]1NC(C)=O)[C@H](O)CO. The van der Waals surface area contributed by atoms with Crippen molar-refractivity contribution in [3.05, 3.63) is 23.7 Å². The van der Waals surface area contributed by atoms with Gasteiger partial charge in [0.05, 0.1) is 110 Å². The van der Waals surface area contributed by atoms with Gasteiger partial charge in [-0.3, -0.25) is 24.1 Å². The highest BCUT2D eigenvalue weighted by Crippen LogP contribution is 2.28. The third-order valence-electron chi connectivity index (χ3n) is 11.1. The average molecular weight is 1150 g/mol. The van der Waals surface area contributed by atoms with E-state index in [4.69, 9.17) is 76.7 Å². The van der Waals surface area contributed by atoms with Crippen LogP contribution in [0.25, 0.3) is 0 Å². The van der Waals surface area contributed by atoms with Crippen LogP contribution in [0.2, 0.25) is 0 Å². The Labute approximate surface area is 461 Å². The smallest absolute Gasteiger partial charge is 0.370 e. The number of aliphatic carboxylic acids is 2. The first-order chi connectivity index (χ1) is 38.2. The van der Waals surface area contributed by atoms with Crippen LogP contribution in [0.15, 0.2) is 33.7 Å². The largest absolute Gasteiger partial charge is 0.478 e. The number of ether oxygens (including phenoxy) is 10. The van der Waals surface area contributed by atoms with E-state index in [1.54, 1.807) is 0 Å². The van der Waals surface area contributed by atoms with Crippen molar-refractivity contribution in [2.45, 2.75) is 74.6 Å². The van der Waals surface area contributed by atoms with Crippen LogP contribution in [0.4, 0.5) is 0 Å². The van der Waals surface area contributed by atoms with Crippen LogP contribution >= 0.6 is 0 Å². The molecule has 0 aromatic carbocycles. The third kappa shape index (κ3) is 28.1. The molecule has 0 aliphatic carbocycles. The number of nitrogens with one attached hydrogen (secondary N) is 4. The molecule has 18 N–H and O–H groups in total. The molecule has 0 aromatic rings. The van der Waals surface area contributed by atoms with Crippen molar-refractivity contribution in [1.29, 1.82) is 0 Å². The van der Waals surface area contributed by atoms with Crippen LogP contribution in [0.1, 0.15) is 13.8 Å². The number of carbonyl (C=O) groups is 6. The maximum atomic E-state index is 12.9. The molecule has 0 unspecified atom stereocenters. The van der Waals surface area contributed by atoms with Gasteiger partial charge in [-0.2, -0.15) is 0 Å². The Morgan fingerprint density at radius 1 is 0.613 bits per heavy atom. The second-order valence-corrected chi connectivity index (χ2v) is 17.3. The molecule has 10 atom stereocenters. The van der Waals surface area contributed by atoms with E-state index in [1.165, 1.54) is 0 Å². The van der Waals surface area contributed by atoms with Crippen LogP contribution in [0.5, 0.6) is 0 Å². The first-order valence-corrected chi connectivity index (χ1v) is 25.1. The number of carboxylic acids is 2. The topological polar surface area (TPSA) is 496 Å². The van der Waals surface area contributed by atoms with Gasteiger partial charge in [-0.1, -0.05) is 5.92 Å². The maximum absolute atomic E-state index is 12.9. The standard InChI is InChI=1S/C47H79N11O22/c1-4-10-71-16-18-75-20-21-76-19-17-74-15-9-58(7-13-72-11-5-52-36(65)26-77-40(32(63)24-59)42-38(54-28(2)61)30(56-46(48)49)22-34(79-42)44(67)68)8-14-73-12-6-53-37(66)27-78-41(33(64)25-60)43-39(55-29(3)62)31(57-47(50)51)23-35(80-43)45(69)70/h1,22-23,30-33,38-43,59-60,63-64H,5-21,24-27H2,2-3H3,(H,52,65)(H,53,66)(H,54,61)(H,55,62)(H,67,68)(H,69,70)(H4,48,49,56)(H4,50,51,57)/t30-,31-,32+,33+,38+,39+,40+,41+,42+,43+/m0/s1. The van der Waals surface area contributed by atoms with Crippen LogP contribution in [0, 0.1) is 12.3 Å². The summed E-state index contributed by atoms with van der Waals surface area (Å²) in [4.78, 5) is 83.7. The number of amides is 4. The van der Waals surface area contributed by atoms with Crippen molar-refractivity contribution < 1.29 is 107 Å². The Balaban J connectivity index is 1.95. The quantitative estimate of drug-likeness (QED) is 0.0117. The van der Waals surface area contributed by atoms with Gasteiger partial charge in [0.1, 0.15) is 44.2 Å². The Kier molecular flexibility index (Phi) is 34.6. The number of aliphatic imine (C=N–C) groups is 2. The van der Waals surface area contributed by atoms with E-state index in [9.17, 15) is 59.4 Å². The van der Waals surface area contributed by atoms with Crippen molar-refractivity contribution in [2.75, 3.05) is 138 Å². The summed E-state index contributed by atoms with van der Waals surface area (Å²) in [7, 11) is 0. The van der Waals surface area contributed by atoms with Gasteiger partial charge in [-0.25, -0.2) is 19.6 Å². The first kappa shape index (κ1) is 69.6. The van der Waals surface area contributed by atoms with Gasteiger partial charge >= 0.3 is 11.9 Å². The highest BCUT2D eigenvalue weighted by Gasteiger charge is 2.47. The molecule has 0 fully saturated rings. The van der Waals surface area contributed by atoms with E-state index in [0.717, 1.165) is 26.0 Å². The van der Waals surface area contributed by atoms with Crippen LogP contribution in [-0.2, 0) is 76.1 Å². The molecular formula is C47H79N11O22. The Bertz CT molecular complexity index is 1950. The van der Waals surface area contributed by atoms with Gasteiger partial charge in [-0.05, 0) is 12.2 Å². The molecule has 4 amide bonds. The molecule has 454 valence electrons. The molecule has 2 rings (SSSR count). The Hall–Kier alpha value is -6.52. The number of aliphatic hydroxyl groups excluding tert-OH is 4. The number of nitrogens with two attached hydrogens (primary N) is 4. The summed E-state index contributed by atoms with van der Waals surface area (Å²) in [5.74, 6) is -5.44. The second kappa shape index (κ2) is 39.8. The fourth-order valence-corrected chi connectivity index (χ4v) is 7.53.